The zero-order valence-corrected chi connectivity index (χ0v) is 13.8. The lowest BCUT2D eigenvalue weighted by Gasteiger charge is -2.38. The van der Waals surface area contributed by atoms with Gasteiger partial charge in [-0.15, -0.1) is 0 Å². The van der Waals surface area contributed by atoms with E-state index in [2.05, 4.69) is 0 Å². The Morgan fingerprint density at radius 3 is 2.39 bits per heavy atom. The molecule has 6 nitrogen and oxygen atoms in total. The Hall–Kier alpha value is -2.08. The molecule has 23 heavy (non-hydrogen) atoms. The van der Waals surface area contributed by atoms with Crippen LogP contribution in [-0.4, -0.2) is 58.4 Å². The van der Waals surface area contributed by atoms with Gasteiger partial charge in [0.25, 0.3) is 5.91 Å². The highest BCUT2D eigenvalue weighted by Crippen LogP contribution is 2.17. The van der Waals surface area contributed by atoms with Crippen LogP contribution in [0, 0.1) is 0 Å². The van der Waals surface area contributed by atoms with Crippen LogP contribution < -0.4 is 5.73 Å². The molecule has 1 heterocycles. The van der Waals surface area contributed by atoms with Crippen LogP contribution in [0.5, 0.6) is 5.75 Å². The normalized spacial score (nSPS) is 17.7. The molecule has 1 fully saturated rings. The Morgan fingerprint density at radius 2 is 1.83 bits per heavy atom. The molecule has 0 aliphatic carbocycles. The van der Waals surface area contributed by atoms with Gasteiger partial charge in [-0.3, -0.25) is 9.59 Å². The maximum atomic E-state index is 12.5. The van der Waals surface area contributed by atoms with E-state index in [1.165, 1.54) is 12.1 Å². The number of benzene rings is 1. The molecule has 1 aromatic carbocycles. The highest BCUT2D eigenvalue weighted by atomic mass is 16.3. The lowest BCUT2D eigenvalue weighted by atomic mass is 9.95. The second-order valence-electron chi connectivity index (χ2n) is 6.30. The van der Waals surface area contributed by atoms with Crippen LogP contribution in [0.15, 0.2) is 24.3 Å². The van der Waals surface area contributed by atoms with E-state index in [1.807, 2.05) is 6.92 Å². The number of hydrogen-bond acceptors (Lipinski definition) is 4. The SMILES string of the molecule is CCCC(C)(N)C(=O)N1CCN(C(=O)c2cccc(O)c2)CC1. The van der Waals surface area contributed by atoms with Gasteiger partial charge in [0.1, 0.15) is 5.75 Å². The Morgan fingerprint density at radius 1 is 1.22 bits per heavy atom. The molecule has 0 saturated carbocycles. The number of carbonyl (C=O) groups is 2. The molecule has 2 rings (SSSR count). The molecule has 1 unspecified atom stereocenters. The van der Waals surface area contributed by atoms with Crippen molar-refractivity contribution in [2.45, 2.75) is 32.2 Å². The minimum absolute atomic E-state index is 0.0520. The van der Waals surface area contributed by atoms with E-state index >= 15 is 0 Å². The number of aromatic hydroxyl groups is 1. The molecule has 3 N–H and O–H groups in total. The second kappa shape index (κ2) is 7.00. The number of phenols is 1. The van der Waals surface area contributed by atoms with Gasteiger partial charge in [0, 0.05) is 31.7 Å². The first-order valence-electron chi connectivity index (χ1n) is 8.01. The van der Waals surface area contributed by atoms with Gasteiger partial charge < -0.3 is 20.6 Å². The van der Waals surface area contributed by atoms with Crippen molar-refractivity contribution in [3.8, 4) is 5.75 Å². The number of nitrogens with zero attached hydrogens (tertiary/aromatic N) is 2. The molecular weight excluding hydrogens is 294 g/mol. The standard InChI is InChI=1S/C17H25N3O3/c1-3-7-17(2,18)16(23)20-10-8-19(9-11-20)15(22)13-5-4-6-14(21)12-13/h4-6,12,21H,3,7-11,18H2,1-2H3. The predicted octanol–water partition coefficient (Wildman–Crippen LogP) is 1.19. The van der Waals surface area contributed by atoms with Crippen molar-refractivity contribution in [1.82, 2.24) is 9.80 Å². The predicted molar refractivity (Wildman–Crippen MR) is 88.1 cm³/mol. The van der Waals surface area contributed by atoms with Crippen molar-refractivity contribution in [2.75, 3.05) is 26.2 Å². The molecule has 1 saturated heterocycles. The fourth-order valence-electron chi connectivity index (χ4n) is 2.92. The number of amides is 2. The molecule has 6 heteroatoms. The van der Waals surface area contributed by atoms with Gasteiger partial charge in [-0.2, -0.15) is 0 Å². The van der Waals surface area contributed by atoms with Crippen molar-refractivity contribution in [3.05, 3.63) is 29.8 Å². The third-order valence-corrected chi connectivity index (χ3v) is 4.21. The summed E-state index contributed by atoms with van der Waals surface area (Å²) in [5.41, 5.74) is 5.72. The molecule has 126 valence electrons. The van der Waals surface area contributed by atoms with Crippen LogP contribution in [0.2, 0.25) is 0 Å². The summed E-state index contributed by atoms with van der Waals surface area (Å²) in [6.45, 7) is 5.69. The van der Waals surface area contributed by atoms with Crippen LogP contribution in [0.25, 0.3) is 0 Å². The number of rotatable bonds is 4. The quantitative estimate of drug-likeness (QED) is 0.873. The van der Waals surface area contributed by atoms with Gasteiger partial charge in [-0.25, -0.2) is 0 Å². The smallest absolute Gasteiger partial charge is 0.254 e. The summed E-state index contributed by atoms with van der Waals surface area (Å²) < 4.78 is 0. The van der Waals surface area contributed by atoms with Crippen molar-refractivity contribution in [1.29, 1.82) is 0 Å². The minimum Gasteiger partial charge on any atom is -0.508 e. The average Bonchev–Trinajstić information content (AvgIpc) is 2.53. The zero-order chi connectivity index (χ0) is 17.0. The van der Waals surface area contributed by atoms with E-state index in [-0.39, 0.29) is 17.6 Å². The first kappa shape index (κ1) is 17.3. The largest absolute Gasteiger partial charge is 0.508 e. The molecule has 2 amide bonds. The monoisotopic (exact) mass is 319 g/mol. The summed E-state index contributed by atoms with van der Waals surface area (Å²) in [7, 11) is 0. The van der Waals surface area contributed by atoms with E-state index in [0.29, 0.717) is 38.2 Å². The second-order valence-corrected chi connectivity index (χ2v) is 6.30. The third-order valence-electron chi connectivity index (χ3n) is 4.21. The summed E-state index contributed by atoms with van der Waals surface area (Å²) in [5.74, 6) is -0.107. The third kappa shape index (κ3) is 4.01. The van der Waals surface area contributed by atoms with Crippen molar-refractivity contribution < 1.29 is 14.7 Å². The fourth-order valence-corrected chi connectivity index (χ4v) is 2.92. The number of hydrogen-bond donors (Lipinski definition) is 2. The lowest BCUT2D eigenvalue weighted by Crippen LogP contribution is -2.58. The maximum absolute atomic E-state index is 12.5. The Kier molecular flexibility index (Phi) is 5.26. The number of phenolic OH excluding ortho intramolecular Hbond substituents is 1. The highest BCUT2D eigenvalue weighted by molar-refractivity contribution is 5.95. The summed E-state index contributed by atoms with van der Waals surface area (Å²) in [6.07, 6.45) is 1.50. The summed E-state index contributed by atoms with van der Waals surface area (Å²) in [6, 6.07) is 6.31. The molecule has 1 atom stereocenters. The van der Waals surface area contributed by atoms with E-state index in [0.717, 1.165) is 6.42 Å². The first-order chi connectivity index (χ1) is 10.8. The number of piperazine rings is 1. The topological polar surface area (TPSA) is 86.9 Å². The highest BCUT2D eigenvalue weighted by Gasteiger charge is 2.34. The molecule has 1 aliphatic heterocycles. The van der Waals surface area contributed by atoms with Crippen molar-refractivity contribution in [3.63, 3.8) is 0 Å². The van der Waals surface area contributed by atoms with Gasteiger partial charge in [0.2, 0.25) is 5.91 Å². The minimum atomic E-state index is -0.841. The molecule has 0 spiro atoms. The van der Waals surface area contributed by atoms with E-state index < -0.39 is 5.54 Å². The maximum Gasteiger partial charge on any atom is 0.254 e. The fraction of sp³-hybridized carbons (Fsp3) is 0.529. The van der Waals surface area contributed by atoms with Crippen molar-refractivity contribution >= 4 is 11.8 Å². The average molecular weight is 319 g/mol. The zero-order valence-electron chi connectivity index (χ0n) is 13.8. The Balaban J connectivity index is 1.96. The van der Waals surface area contributed by atoms with Crippen LogP contribution in [0.4, 0.5) is 0 Å². The van der Waals surface area contributed by atoms with Gasteiger partial charge >= 0.3 is 0 Å². The van der Waals surface area contributed by atoms with Crippen LogP contribution in [-0.2, 0) is 4.79 Å². The van der Waals surface area contributed by atoms with Crippen molar-refractivity contribution in [2.24, 2.45) is 5.73 Å². The Bertz CT molecular complexity index is 578. The van der Waals surface area contributed by atoms with E-state index in [4.69, 9.17) is 5.73 Å². The molecule has 0 bridgehead atoms. The van der Waals surface area contributed by atoms with Gasteiger partial charge in [0.15, 0.2) is 0 Å². The summed E-state index contributed by atoms with van der Waals surface area (Å²) >= 11 is 0. The molecule has 0 radical (unpaired) electrons. The summed E-state index contributed by atoms with van der Waals surface area (Å²) in [4.78, 5) is 28.3. The van der Waals surface area contributed by atoms with E-state index in [1.54, 1.807) is 28.9 Å². The number of nitrogens with two attached hydrogens (primary N) is 1. The van der Waals surface area contributed by atoms with E-state index in [9.17, 15) is 14.7 Å². The van der Waals surface area contributed by atoms with Gasteiger partial charge in [-0.1, -0.05) is 19.4 Å². The molecule has 1 aromatic rings. The first-order valence-corrected chi connectivity index (χ1v) is 8.01. The van der Waals surface area contributed by atoms with Crippen LogP contribution in [0.1, 0.15) is 37.0 Å². The molecule has 1 aliphatic rings. The van der Waals surface area contributed by atoms with Crippen LogP contribution in [0.3, 0.4) is 0 Å². The molecular formula is C17H25N3O3. The molecule has 0 aromatic heterocycles. The lowest BCUT2D eigenvalue weighted by molar-refractivity contribution is -0.138. The Labute approximate surface area is 136 Å². The van der Waals surface area contributed by atoms with Gasteiger partial charge in [-0.05, 0) is 31.5 Å². The number of carbonyl (C=O) groups excluding carboxylic acids is 2. The van der Waals surface area contributed by atoms with Crippen LogP contribution >= 0.6 is 0 Å². The summed E-state index contributed by atoms with van der Waals surface area (Å²) in [5, 5.41) is 9.48. The van der Waals surface area contributed by atoms with Gasteiger partial charge in [0.05, 0.1) is 5.54 Å².